The molecule has 3 rings (SSSR count). The number of benzene rings is 2. The van der Waals surface area contributed by atoms with Crippen molar-refractivity contribution in [2.24, 2.45) is 7.05 Å². The van der Waals surface area contributed by atoms with E-state index in [0.717, 1.165) is 5.82 Å². The van der Waals surface area contributed by atoms with E-state index in [1.54, 1.807) is 54.5 Å². The van der Waals surface area contributed by atoms with E-state index >= 15 is 0 Å². The molecule has 29 heavy (non-hydrogen) atoms. The van der Waals surface area contributed by atoms with Crippen molar-refractivity contribution >= 4 is 11.6 Å². The zero-order valence-electron chi connectivity index (χ0n) is 16.5. The van der Waals surface area contributed by atoms with Crippen LogP contribution in [-0.4, -0.2) is 32.3 Å². The van der Waals surface area contributed by atoms with E-state index < -0.39 is 4.92 Å². The fraction of sp³-hybridized carbons (Fsp3) is 0.238. The SMILES string of the molecule is C[C@H](c1cccc([N+](=O)[O-])c1)N(C)C(=O)c1ccc(OCc2nccn2C)cc1. The van der Waals surface area contributed by atoms with Crippen molar-refractivity contribution in [1.82, 2.24) is 14.5 Å². The summed E-state index contributed by atoms with van der Waals surface area (Å²) >= 11 is 0. The van der Waals surface area contributed by atoms with Crippen LogP contribution in [0.4, 0.5) is 5.69 Å². The Morgan fingerprint density at radius 3 is 2.62 bits per heavy atom. The number of amides is 1. The molecule has 1 atom stereocenters. The van der Waals surface area contributed by atoms with Gasteiger partial charge in [-0.25, -0.2) is 4.98 Å². The van der Waals surface area contributed by atoms with E-state index in [1.165, 1.54) is 12.1 Å². The molecule has 0 bridgehead atoms. The molecule has 8 nitrogen and oxygen atoms in total. The lowest BCUT2D eigenvalue weighted by molar-refractivity contribution is -0.384. The average molecular weight is 394 g/mol. The number of nitro groups is 1. The van der Waals surface area contributed by atoms with E-state index in [1.807, 2.05) is 24.7 Å². The number of carbonyl (C=O) groups is 1. The third kappa shape index (κ3) is 4.60. The predicted octanol–water partition coefficient (Wildman–Crippen LogP) is 3.74. The van der Waals surface area contributed by atoms with Gasteiger partial charge in [-0.3, -0.25) is 14.9 Å². The van der Waals surface area contributed by atoms with E-state index in [2.05, 4.69) is 4.98 Å². The summed E-state index contributed by atoms with van der Waals surface area (Å²) in [6.07, 6.45) is 3.55. The predicted molar refractivity (Wildman–Crippen MR) is 108 cm³/mol. The first-order chi connectivity index (χ1) is 13.9. The number of hydrogen-bond acceptors (Lipinski definition) is 5. The topological polar surface area (TPSA) is 90.5 Å². The number of non-ortho nitro benzene ring substituents is 1. The lowest BCUT2D eigenvalue weighted by atomic mass is 10.1. The molecule has 0 radical (unpaired) electrons. The summed E-state index contributed by atoms with van der Waals surface area (Å²) < 4.78 is 7.58. The van der Waals surface area contributed by atoms with Gasteiger partial charge in [-0.2, -0.15) is 0 Å². The third-order valence-corrected chi connectivity index (χ3v) is 4.85. The molecule has 8 heteroatoms. The normalized spacial score (nSPS) is 11.7. The van der Waals surface area contributed by atoms with Gasteiger partial charge in [0, 0.05) is 44.2 Å². The Bertz CT molecular complexity index is 1010. The van der Waals surface area contributed by atoms with Crippen LogP contribution in [-0.2, 0) is 13.7 Å². The molecule has 1 heterocycles. The Kier molecular flexibility index (Phi) is 5.92. The molecular formula is C21H22N4O4. The fourth-order valence-corrected chi connectivity index (χ4v) is 2.88. The summed E-state index contributed by atoms with van der Waals surface area (Å²) in [6.45, 7) is 2.17. The lowest BCUT2D eigenvalue weighted by Gasteiger charge is -2.25. The van der Waals surface area contributed by atoms with E-state index in [-0.39, 0.29) is 17.6 Å². The number of imidazole rings is 1. The molecule has 1 amide bonds. The Labute approximate surface area is 168 Å². The van der Waals surface area contributed by atoms with Crippen LogP contribution in [0.25, 0.3) is 0 Å². The third-order valence-electron chi connectivity index (χ3n) is 4.85. The van der Waals surface area contributed by atoms with Crippen molar-refractivity contribution in [2.45, 2.75) is 19.6 Å². The first-order valence-corrected chi connectivity index (χ1v) is 9.07. The van der Waals surface area contributed by atoms with Crippen molar-refractivity contribution in [2.75, 3.05) is 7.05 Å². The molecule has 0 unspecified atom stereocenters. The molecule has 0 aliphatic rings. The molecule has 3 aromatic rings. The number of nitro benzene ring substituents is 1. The molecule has 1 aromatic heterocycles. The van der Waals surface area contributed by atoms with Crippen LogP contribution in [0.15, 0.2) is 60.9 Å². The number of carbonyl (C=O) groups excluding carboxylic acids is 1. The second kappa shape index (κ2) is 8.55. The Balaban J connectivity index is 1.66. The number of hydrogen-bond donors (Lipinski definition) is 0. The van der Waals surface area contributed by atoms with Gasteiger partial charge in [-0.1, -0.05) is 12.1 Å². The van der Waals surface area contributed by atoms with E-state index in [9.17, 15) is 14.9 Å². The van der Waals surface area contributed by atoms with Crippen LogP contribution in [0.3, 0.4) is 0 Å². The molecule has 0 saturated heterocycles. The van der Waals surface area contributed by atoms with Gasteiger partial charge in [0.15, 0.2) is 0 Å². The second-order valence-electron chi connectivity index (χ2n) is 6.71. The summed E-state index contributed by atoms with van der Waals surface area (Å²) in [5, 5.41) is 11.0. The van der Waals surface area contributed by atoms with Crippen LogP contribution < -0.4 is 4.74 Å². The quantitative estimate of drug-likeness (QED) is 0.450. The van der Waals surface area contributed by atoms with Gasteiger partial charge in [0.25, 0.3) is 11.6 Å². The van der Waals surface area contributed by atoms with Gasteiger partial charge in [0.1, 0.15) is 18.2 Å². The standard InChI is InChI=1S/C21H22N4O4/c1-15(17-5-4-6-18(13-17)25(27)28)24(3)21(26)16-7-9-19(10-8-16)29-14-20-22-11-12-23(20)2/h4-13,15H,14H2,1-3H3/t15-/m1/s1. The largest absolute Gasteiger partial charge is 0.486 e. The average Bonchev–Trinajstić information content (AvgIpc) is 3.15. The highest BCUT2D eigenvalue weighted by Crippen LogP contribution is 2.25. The summed E-state index contributed by atoms with van der Waals surface area (Å²) in [7, 11) is 3.57. The number of rotatable bonds is 7. The Hall–Kier alpha value is -3.68. The Morgan fingerprint density at radius 2 is 2.00 bits per heavy atom. The van der Waals surface area contributed by atoms with Crippen molar-refractivity contribution in [3.63, 3.8) is 0 Å². The van der Waals surface area contributed by atoms with Gasteiger partial charge < -0.3 is 14.2 Å². The number of ether oxygens (including phenoxy) is 1. The monoisotopic (exact) mass is 394 g/mol. The summed E-state index contributed by atoms with van der Waals surface area (Å²) in [4.78, 5) is 29.1. The second-order valence-corrected chi connectivity index (χ2v) is 6.71. The molecule has 150 valence electrons. The van der Waals surface area contributed by atoms with Crippen LogP contribution in [0, 0.1) is 10.1 Å². The van der Waals surface area contributed by atoms with Crippen molar-refractivity contribution in [1.29, 1.82) is 0 Å². The van der Waals surface area contributed by atoms with Crippen LogP contribution in [0.5, 0.6) is 5.75 Å². The number of aryl methyl sites for hydroxylation is 1. The molecule has 0 N–H and O–H groups in total. The zero-order chi connectivity index (χ0) is 21.0. The lowest BCUT2D eigenvalue weighted by Crippen LogP contribution is -2.29. The highest BCUT2D eigenvalue weighted by atomic mass is 16.6. The van der Waals surface area contributed by atoms with Crippen LogP contribution in [0.2, 0.25) is 0 Å². The maximum absolute atomic E-state index is 12.8. The molecule has 2 aromatic carbocycles. The Morgan fingerprint density at radius 1 is 1.28 bits per heavy atom. The fourth-order valence-electron chi connectivity index (χ4n) is 2.88. The van der Waals surface area contributed by atoms with Gasteiger partial charge in [0.05, 0.1) is 11.0 Å². The summed E-state index contributed by atoms with van der Waals surface area (Å²) in [6, 6.07) is 12.9. The zero-order valence-corrected chi connectivity index (χ0v) is 16.5. The number of aromatic nitrogens is 2. The molecule has 0 aliphatic heterocycles. The minimum Gasteiger partial charge on any atom is -0.486 e. The van der Waals surface area contributed by atoms with E-state index in [4.69, 9.17) is 4.74 Å². The first kappa shape index (κ1) is 20.1. The summed E-state index contributed by atoms with van der Waals surface area (Å²) in [5.74, 6) is 1.26. The molecule has 0 spiro atoms. The molecule has 0 saturated carbocycles. The molecular weight excluding hydrogens is 372 g/mol. The molecule has 0 aliphatic carbocycles. The maximum Gasteiger partial charge on any atom is 0.269 e. The van der Waals surface area contributed by atoms with Crippen LogP contribution in [0.1, 0.15) is 34.7 Å². The van der Waals surface area contributed by atoms with Crippen molar-refractivity contribution in [3.05, 3.63) is 88.0 Å². The summed E-state index contributed by atoms with van der Waals surface area (Å²) in [5.41, 5.74) is 1.21. The minimum atomic E-state index is -0.443. The maximum atomic E-state index is 12.8. The van der Waals surface area contributed by atoms with Gasteiger partial charge >= 0.3 is 0 Å². The highest BCUT2D eigenvalue weighted by Gasteiger charge is 2.20. The van der Waals surface area contributed by atoms with Crippen molar-refractivity contribution < 1.29 is 14.5 Å². The smallest absolute Gasteiger partial charge is 0.269 e. The minimum absolute atomic E-state index is 0.00409. The highest BCUT2D eigenvalue weighted by molar-refractivity contribution is 5.94. The first-order valence-electron chi connectivity index (χ1n) is 9.07. The number of nitrogens with zero attached hydrogens (tertiary/aromatic N) is 4. The van der Waals surface area contributed by atoms with Crippen molar-refractivity contribution in [3.8, 4) is 5.75 Å². The van der Waals surface area contributed by atoms with E-state index in [0.29, 0.717) is 23.5 Å². The van der Waals surface area contributed by atoms with Crippen LogP contribution >= 0.6 is 0 Å². The van der Waals surface area contributed by atoms with Gasteiger partial charge in [0.2, 0.25) is 0 Å². The van der Waals surface area contributed by atoms with Gasteiger partial charge in [-0.05, 0) is 36.8 Å². The molecule has 0 fully saturated rings. The van der Waals surface area contributed by atoms with Gasteiger partial charge in [-0.15, -0.1) is 0 Å².